The number of thioether (sulfide) groups is 1. The molecule has 1 aliphatic heterocycles. The summed E-state index contributed by atoms with van der Waals surface area (Å²) in [5, 5.41) is 10.5. The number of nitrogen functional groups attached to an aromatic ring is 1. The predicted octanol–water partition coefficient (Wildman–Crippen LogP) is 1.69. The average molecular weight is 530 g/mol. The highest BCUT2D eigenvalue weighted by molar-refractivity contribution is 8.13. The number of alkyl halides is 1. The third-order valence-corrected chi connectivity index (χ3v) is 7.60. The second-order valence-corrected chi connectivity index (χ2v) is 10.4. The van der Waals surface area contributed by atoms with Crippen molar-refractivity contribution < 1.29 is 32.6 Å². The lowest BCUT2D eigenvalue weighted by Gasteiger charge is -2.23. The van der Waals surface area contributed by atoms with E-state index in [4.69, 9.17) is 25.9 Å². The smallest absolute Gasteiger partial charge is 0.386 e. The van der Waals surface area contributed by atoms with Crippen LogP contribution in [0.1, 0.15) is 33.4 Å². The van der Waals surface area contributed by atoms with E-state index in [0.29, 0.717) is 6.42 Å². The maximum atomic E-state index is 15.6. The largest absolute Gasteiger partial charge is 0.697 e. The third-order valence-electron chi connectivity index (χ3n) is 5.66. The molecule has 0 amide bonds. The molecule has 190 valence electrons. The Morgan fingerprint density at radius 2 is 2.26 bits per heavy atom. The molecule has 0 bridgehead atoms. The first-order chi connectivity index (χ1) is 16.4. The molecule has 15 heteroatoms. The fraction of sp³-hybridized carbons (Fsp3) is 0.600. The molecule has 2 unspecified atom stereocenters. The number of aromatic amines is 1. The molecule has 2 aromatic rings. The number of nitrogens with zero attached hydrogens (tertiary/aromatic N) is 3. The number of nitrogens with one attached hydrogen (secondary N) is 1. The Hall–Kier alpha value is -2.40. The molecule has 3 heterocycles. The van der Waals surface area contributed by atoms with Crippen LogP contribution in [0, 0.1) is 17.8 Å². The van der Waals surface area contributed by atoms with Gasteiger partial charge < -0.3 is 15.6 Å². The van der Waals surface area contributed by atoms with Crippen molar-refractivity contribution in [3.8, 4) is 12.3 Å². The van der Waals surface area contributed by atoms with Crippen molar-refractivity contribution in [1.29, 1.82) is 0 Å². The first kappa shape index (κ1) is 27.2. The number of carbonyl (C=O) groups excluding carboxylic acids is 1. The number of aliphatic hydroxyl groups excluding tert-OH is 1. The van der Waals surface area contributed by atoms with Gasteiger partial charge in [-0.25, -0.2) is 9.37 Å². The number of carbonyl (C=O) groups is 1. The number of anilines is 1. The monoisotopic (exact) mass is 530 g/mol. The predicted molar refractivity (Wildman–Crippen MR) is 126 cm³/mol. The number of aromatic nitrogens is 4. The van der Waals surface area contributed by atoms with Crippen LogP contribution in [-0.4, -0.2) is 66.6 Å². The molecule has 0 aromatic carbocycles. The first-order valence-electron chi connectivity index (χ1n) is 10.6. The van der Waals surface area contributed by atoms with Crippen LogP contribution in [-0.2, 0) is 23.1 Å². The summed E-state index contributed by atoms with van der Waals surface area (Å²) in [6.45, 7) is 5.05. The van der Waals surface area contributed by atoms with Crippen LogP contribution in [0.3, 0.4) is 0 Å². The number of H-pyrrole nitrogens is 1. The summed E-state index contributed by atoms with van der Waals surface area (Å²) in [7, 11) is -2.64. The van der Waals surface area contributed by atoms with Crippen LogP contribution in [0.15, 0.2) is 11.1 Å². The summed E-state index contributed by atoms with van der Waals surface area (Å²) in [6, 6.07) is 0. The van der Waals surface area contributed by atoms with E-state index in [1.54, 1.807) is 0 Å². The highest BCUT2D eigenvalue weighted by atomic mass is 32.2. The number of imidazole rings is 1. The van der Waals surface area contributed by atoms with Crippen molar-refractivity contribution in [2.75, 3.05) is 24.7 Å². The van der Waals surface area contributed by atoms with Gasteiger partial charge in [0, 0.05) is 15.7 Å². The third kappa shape index (κ3) is 5.55. The van der Waals surface area contributed by atoms with Crippen LogP contribution >= 0.6 is 20.0 Å². The number of halogens is 1. The number of terminal acetylenes is 1. The van der Waals surface area contributed by atoms with Gasteiger partial charge in [-0.15, -0.1) is 15.5 Å². The van der Waals surface area contributed by atoms with Crippen LogP contribution in [0.5, 0.6) is 0 Å². The van der Waals surface area contributed by atoms with Crippen molar-refractivity contribution >= 4 is 42.2 Å². The molecular weight excluding hydrogens is 504 g/mol. The molecular formula is C20H26FN5O7PS+. The van der Waals surface area contributed by atoms with E-state index < -0.39 is 49.9 Å². The topological polar surface area (TPSA) is 172 Å². The van der Waals surface area contributed by atoms with E-state index in [9.17, 15) is 19.3 Å². The maximum Gasteiger partial charge on any atom is 0.697 e. The molecule has 1 fully saturated rings. The van der Waals surface area contributed by atoms with Gasteiger partial charge in [0.2, 0.25) is 11.6 Å². The number of fused-ring (bicyclic) bond motifs is 1. The van der Waals surface area contributed by atoms with Crippen molar-refractivity contribution in [2.24, 2.45) is 5.41 Å². The number of aliphatic hydroxyl groups is 1. The van der Waals surface area contributed by atoms with Gasteiger partial charge in [0.1, 0.15) is 25.4 Å². The van der Waals surface area contributed by atoms with E-state index in [1.165, 1.54) is 0 Å². The summed E-state index contributed by atoms with van der Waals surface area (Å²) < 4.78 is 44.4. The lowest BCUT2D eigenvalue weighted by molar-refractivity contribution is -0.118. The van der Waals surface area contributed by atoms with Gasteiger partial charge in [0.25, 0.3) is 5.56 Å². The minimum Gasteiger partial charge on any atom is -0.386 e. The van der Waals surface area contributed by atoms with Crippen LogP contribution < -0.4 is 11.3 Å². The quantitative estimate of drug-likeness (QED) is 0.232. The SMILES string of the molecule is C#C[C@@]1(F)C(O)[C@@H](CO[P+](=O)OCCSC(=O)C(C)(C)CC)O[C@H]1n1cnc2c(=O)[nH]c(N)nc21. The normalized spacial score (nSPS) is 25.0. The van der Waals surface area contributed by atoms with Crippen molar-refractivity contribution in [1.82, 2.24) is 19.5 Å². The van der Waals surface area contributed by atoms with Gasteiger partial charge in [-0.2, -0.15) is 4.98 Å². The first-order valence-corrected chi connectivity index (χ1v) is 12.7. The van der Waals surface area contributed by atoms with Crippen LogP contribution in [0.25, 0.3) is 11.2 Å². The molecule has 3 rings (SSSR count). The molecule has 5 atom stereocenters. The van der Waals surface area contributed by atoms with E-state index >= 15 is 4.39 Å². The Kier molecular flexibility index (Phi) is 8.31. The van der Waals surface area contributed by atoms with Crippen LogP contribution in [0.4, 0.5) is 10.3 Å². The zero-order valence-corrected chi connectivity index (χ0v) is 21.0. The number of hydrogen-bond acceptors (Lipinski definition) is 11. The van der Waals surface area contributed by atoms with Crippen molar-refractivity contribution in [2.45, 2.75) is 51.3 Å². The van der Waals surface area contributed by atoms with E-state index in [1.807, 2.05) is 26.7 Å². The van der Waals surface area contributed by atoms with Gasteiger partial charge in [-0.1, -0.05) is 38.5 Å². The van der Waals surface area contributed by atoms with Gasteiger partial charge in [-0.3, -0.25) is 19.1 Å². The maximum absolute atomic E-state index is 15.6. The van der Waals surface area contributed by atoms with Gasteiger partial charge >= 0.3 is 8.25 Å². The summed E-state index contributed by atoms with van der Waals surface area (Å²) in [5.74, 6) is 1.91. The molecule has 12 nitrogen and oxygen atoms in total. The number of nitrogens with two attached hydrogens (primary N) is 1. The Bertz CT molecular complexity index is 1210. The summed E-state index contributed by atoms with van der Waals surface area (Å²) in [5.41, 5.74) is 1.45. The molecule has 2 aromatic heterocycles. The van der Waals surface area contributed by atoms with E-state index in [-0.39, 0.29) is 34.6 Å². The second-order valence-electron chi connectivity index (χ2n) is 8.39. The number of rotatable bonds is 10. The minimum atomic E-state index is -2.75. The lowest BCUT2D eigenvalue weighted by atomic mass is 9.92. The number of hydrogen-bond donors (Lipinski definition) is 3. The zero-order valence-electron chi connectivity index (χ0n) is 19.3. The van der Waals surface area contributed by atoms with Gasteiger partial charge in [-0.05, 0) is 6.42 Å². The molecule has 4 N–H and O–H groups in total. The molecule has 1 saturated heterocycles. The zero-order chi connectivity index (χ0) is 26.0. The van der Waals surface area contributed by atoms with E-state index in [0.717, 1.165) is 22.7 Å². The van der Waals surface area contributed by atoms with Gasteiger partial charge in [0.05, 0.1) is 6.33 Å². The minimum absolute atomic E-state index is 0.00732. The summed E-state index contributed by atoms with van der Waals surface area (Å²) >= 11 is 1.07. The fourth-order valence-electron chi connectivity index (χ4n) is 3.18. The van der Waals surface area contributed by atoms with E-state index in [2.05, 4.69) is 15.0 Å². The Labute approximate surface area is 205 Å². The standard InChI is InChI=1S/C20H25FN5O7PS/c1-5-19(3,4)17(29)35-8-7-31-34(30)32-9-11-13(27)20(21,6-2)16(33-11)26-10-23-12-14(26)24-18(22)25-15(12)28/h2,10-11,13,16,27H,5,7-9H2,1,3-4H3,(H2-,22,24,25,28)/p+1/t11-,13?,16-,20-/m1/s1. The molecule has 0 radical (unpaired) electrons. The Morgan fingerprint density at radius 3 is 2.91 bits per heavy atom. The number of ether oxygens (including phenoxy) is 1. The lowest BCUT2D eigenvalue weighted by Crippen LogP contribution is -2.42. The van der Waals surface area contributed by atoms with Crippen LogP contribution in [0.2, 0.25) is 0 Å². The van der Waals surface area contributed by atoms with Crippen molar-refractivity contribution in [3.63, 3.8) is 0 Å². The molecule has 35 heavy (non-hydrogen) atoms. The molecule has 1 aliphatic rings. The molecule has 0 spiro atoms. The van der Waals surface area contributed by atoms with Gasteiger partial charge in [0.15, 0.2) is 22.5 Å². The highest BCUT2D eigenvalue weighted by Gasteiger charge is 2.58. The Morgan fingerprint density at radius 1 is 1.54 bits per heavy atom. The average Bonchev–Trinajstić information content (AvgIpc) is 3.34. The fourth-order valence-corrected chi connectivity index (χ4v) is 4.78. The summed E-state index contributed by atoms with van der Waals surface area (Å²) in [4.78, 5) is 34.2. The molecule has 0 aliphatic carbocycles. The molecule has 0 saturated carbocycles. The van der Waals surface area contributed by atoms with Crippen molar-refractivity contribution in [3.05, 3.63) is 16.7 Å². The second kappa shape index (κ2) is 10.7. The highest BCUT2D eigenvalue weighted by Crippen LogP contribution is 2.43. The summed E-state index contributed by atoms with van der Waals surface area (Å²) in [6.07, 6.45) is 2.30. The Balaban J connectivity index is 1.61.